The van der Waals surface area contributed by atoms with Crippen LogP contribution < -0.4 is 15.0 Å². The fourth-order valence-electron chi connectivity index (χ4n) is 5.01. The smallest absolute Gasteiger partial charge is 0.249 e. The number of fused-ring (bicyclic) bond motifs is 1. The van der Waals surface area contributed by atoms with E-state index in [0.29, 0.717) is 66.1 Å². The van der Waals surface area contributed by atoms with Gasteiger partial charge in [0.25, 0.3) is 0 Å². The largest absolute Gasteiger partial charge is 0.497 e. The molecule has 1 atom stereocenters. The molecular formula is C27H30ClF2N3O5. The lowest BCUT2D eigenvalue weighted by molar-refractivity contribution is -0.143. The summed E-state index contributed by atoms with van der Waals surface area (Å²) in [5.74, 6) is -1.20. The Balaban J connectivity index is 1.39. The van der Waals surface area contributed by atoms with Gasteiger partial charge in [-0.15, -0.1) is 0 Å². The molecule has 0 radical (unpaired) electrons. The lowest BCUT2D eigenvalue weighted by Gasteiger charge is -2.40. The molecule has 0 bridgehead atoms. The van der Waals surface area contributed by atoms with E-state index in [1.165, 1.54) is 6.20 Å². The van der Waals surface area contributed by atoms with E-state index in [4.69, 9.17) is 21.1 Å². The Hall–Kier alpha value is -3.05. The number of ether oxygens (including phenoxy) is 2. The first kappa shape index (κ1) is 28.0. The van der Waals surface area contributed by atoms with Crippen molar-refractivity contribution in [1.29, 1.82) is 0 Å². The van der Waals surface area contributed by atoms with Crippen LogP contribution in [0.2, 0.25) is 5.02 Å². The Labute approximate surface area is 224 Å². The molecule has 1 aliphatic rings. The van der Waals surface area contributed by atoms with E-state index in [1.54, 1.807) is 30.8 Å². The first-order valence-corrected chi connectivity index (χ1v) is 12.7. The van der Waals surface area contributed by atoms with Crippen molar-refractivity contribution >= 4 is 28.4 Å². The molecule has 3 N–H and O–H groups in total. The number of benzene rings is 2. The number of carbonyl (C=O) groups is 1. The normalized spacial score (nSPS) is 16.3. The Bertz CT molecular complexity index is 1270. The van der Waals surface area contributed by atoms with Crippen LogP contribution in [0.25, 0.3) is 10.9 Å². The molecule has 2 aromatic carbocycles. The third-order valence-electron chi connectivity index (χ3n) is 7.21. The Morgan fingerprint density at radius 2 is 1.89 bits per heavy atom. The average molecular weight is 550 g/mol. The highest BCUT2D eigenvalue weighted by Crippen LogP contribution is 2.41. The van der Waals surface area contributed by atoms with Crippen LogP contribution in [0.1, 0.15) is 37.4 Å². The van der Waals surface area contributed by atoms with Crippen molar-refractivity contribution < 1.29 is 33.4 Å². The van der Waals surface area contributed by atoms with Gasteiger partial charge in [0.1, 0.15) is 29.7 Å². The summed E-state index contributed by atoms with van der Waals surface area (Å²) in [5, 5.41) is 21.6. The number of rotatable bonds is 10. The molecule has 38 heavy (non-hydrogen) atoms. The molecule has 1 fully saturated rings. The van der Waals surface area contributed by atoms with E-state index in [1.807, 2.05) is 0 Å². The highest BCUT2D eigenvalue weighted by atomic mass is 35.5. The average Bonchev–Trinajstić information content (AvgIpc) is 2.91. The molecule has 1 unspecified atom stereocenters. The van der Waals surface area contributed by atoms with Crippen molar-refractivity contribution in [2.45, 2.75) is 31.8 Å². The molecule has 3 aromatic rings. The number of pyridine rings is 1. The number of hydrogen-bond acceptors (Lipinski definition) is 7. The topological polar surface area (TPSA) is 104 Å². The van der Waals surface area contributed by atoms with E-state index in [0.717, 1.165) is 18.2 Å². The first-order valence-electron chi connectivity index (χ1n) is 12.3. The molecule has 1 aliphatic heterocycles. The predicted molar refractivity (Wildman–Crippen MR) is 137 cm³/mol. The van der Waals surface area contributed by atoms with Crippen molar-refractivity contribution in [3.8, 4) is 11.5 Å². The SMILES string of the molecule is COc1ccc2ncc(Cl)c(C(O)CCC3(C(=O)NO)CCN(CCOc4cc(F)cc(F)c4)CC3)c2c1. The zero-order valence-corrected chi connectivity index (χ0v) is 21.7. The fraction of sp³-hybridized carbons (Fsp3) is 0.407. The zero-order chi connectivity index (χ0) is 27.3. The third-order valence-corrected chi connectivity index (χ3v) is 7.51. The fourth-order valence-corrected chi connectivity index (χ4v) is 5.29. The van der Waals surface area contributed by atoms with Crippen LogP contribution in [0.15, 0.2) is 42.6 Å². The number of aromatic nitrogens is 1. The van der Waals surface area contributed by atoms with Crippen LogP contribution in [-0.4, -0.2) is 59.5 Å². The standard InChI is InChI=1S/C27H30ClF2N3O5/c1-37-19-2-3-23-21(15-19)25(22(28)16-31-23)24(34)4-5-27(26(35)32-36)6-8-33(9-7-27)10-11-38-20-13-17(29)12-18(30)14-20/h2-3,12-16,24,34,36H,4-11H2,1H3,(H,32,35). The van der Waals surface area contributed by atoms with Crippen molar-refractivity contribution in [3.63, 3.8) is 0 Å². The van der Waals surface area contributed by atoms with Gasteiger partial charge >= 0.3 is 0 Å². The van der Waals surface area contributed by atoms with Gasteiger partial charge in [-0.25, -0.2) is 14.3 Å². The number of piperidine rings is 1. The zero-order valence-electron chi connectivity index (χ0n) is 20.9. The number of nitrogens with zero attached hydrogens (tertiary/aromatic N) is 2. The first-order chi connectivity index (χ1) is 18.2. The van der Waals surface area contributed by atoms with Crippen LogP contribution in [0.4, 0.5) is 8.78 Å². The van der Waals surface area contributed by atoms with Crippen LogP contribution in [-0.2, 0) is 4.79 Å². The quantitative estimate of drug-likeness (QED) is 0.250. The lowest BCUT2D eigenvalue weighted by atomic mass is 9.73. The third kappa shape index (κ3) is 6.32. The molecule has 2 heterocycles. The number of hydroxylamine groups is 1. The maximum absolute atomic E-state index is 13.4. The molecule has 4 rings (SSSR count). The van der Waals surface area contributed by atoms with Gasteiger partial charge in [0, 0.05) is 41.9 Å². The molecule has 8 nitrogen and oxygen atoms in total. The minimum atomic E-state index is -0.971. The summed E-state index contributed by atoms with van der Waals surface area (Å²) in [6.07, 6.45) is 1.96. The summed E-state index contributed by atoms with van der Waals surface area (Å²) in [5.41, 5.74) is 2.08. The monoisotopic (exact) mass is 549 g/mol. The van der Waals surface area contributed by atoms with E-state index in [-0.39, 0.29) is 18.8 Å². The lowest BCUT2D eigenvalue weighted by Crippen LogP contribution is -2.49. The van der Waals surface area contributed by atoms with Crippen molar-refractivity contribution in [3.05, 3.63) is 64.8 Å². The maximum Gasteiger partial charge on any atom is 0.249 e. The summed E-state index contributed by atoms with van der Waals surface area (Å²) in [6, 6.07) is 8.34. The number of hydrogen-bond donors (Lipinski definition) is 3. The van der Waals surface area contributed by atoms with E-state index in [2.05, 4.69) is 9.88 Å². The number of halogens is 3. The number of aliphatic hydroxyl groups excluding tert-OH is 1. The molecular weight excluding hydrogens is 520 g/mol. The highest BCUT2D eigenvalue weighted by molar-refractivity contribution is 6.32. The predicted octanol–water partition coefficient (Wildman–Crippen LogP) is 4.66. The van der Waals surface area contributed by atoms with Crippen LogP contribution in [0.5, 0.6) is 11.5 Å². The number of carbonyl (C=O) groups excluding carboxylic acids is 1. The van der Waals surface area contributed by atoms with Gasteiger partial charge in [-0.1, -0.05) is 11.6 Å². The van der Waals surface area contributed by atoms with Gasteiger partial charge in [-0.2, -0.15) is 0 Å². The summed E-state index contributed by atoms with van der Waals surface area (Å²) in [7, 11) is 1.55. The summed E-state index contributed by atoms with van der Waals surface area (Å²) in [6.45, 7) is 1.80. The minimum Gasteiger partial charge on any atom is -0.497 e. The van der Waals surface area contributed by atoms with Crippen molar-refractivity contribution in [2.75, 3.05) is 33.4 Å². The van der Waals surface area contributed by atoms with Gasteiger partial charge in [-0.3, -0.25) is 19.9 Å². The van der Waals surface area contributed by atoms with Crippen LogP contribution in [0, 0.1) is 17.0 Å². The Kier molecular flexibility index (Phi) is 8.99. The molecule has 1 aromatic heterocycles. The van der Waals surface area contributed by atoms with E-state index in [9.17, 15) is 23.9 Å². The van der Waals surface area contributed by atoms with Gasteiger partial charge < -0.3 is 14.6 Å². The van der Waals surface area contributed by atoms with E-state index < -0.39 is 29.1 Å². The van der Waals surface area contributed by atoms with E-state index >= 15 is 0 Å². The van der Waals surface area contributed by atoms with Crippen molar-refractivity contribution in [2.24, 2.45) is 5.41 Å². The second-order valence-electron chi connectivity index (χ2n) is 9.47. The molecule has 11 heteroatoms. The number of nitrogens with one attached hydrogen (secondary N) is 1. The van der Waals surface area contributed by atoms with Gasteiger partial charge in [0.2, 0.25) is 5.91 Å². The molecule has 0 aliphatic carbocycles. The highest BCUT2D eigenvalue weighted by Gasteiger charge is 2.41. The Morgan fingerprint density at radius 3 is 2.55 bits per heavy atom. The summed E-state index contributed by atoms with van der Waals surface area (Å²) in [4.78, 5) is 19.2. The minimum absolute atomic E-state index is 0.113. The number of methoxy groups -OCH3 is 1. The van der Waals surface area contributed by atoms with Gasteiger partial charge in [-0.05, 0) is 57.0 Å². The van der Waals surface area contributed by atoms with Crippen molar-refractivity contribution in [1.82, 2.24) is 15.4 Å². The van der Waals surface area contributed by atoms with Gasteiger partial charge in [0.15, 0.2) is 0 Å². The van der Waals surface area contributed by atoms with Gasteiger partial charge in [0.05, 0.1) is 29.2 Å². The second-order valence-corrected chi connectivity index (χ2v) is 9.88. The molecule has 204 valence electrons. The molecule has 0 saturated carbocycles. The van der Waals surface area contributed by atoms with Crippen LogP contribution >= 0.6 is 11.6 Å². The summed E-state index contributed by atoms with van der Waals surface area (Å²) < 4.78 is 37.5. The number of amides is 1. The second kappa shape index (κ2) is 12.2. The molecule has 1 saturated heterocycles. The summed E-state index contributed by atoms with van der Waals surface area (Å²) >= 11 is 6.43. The number of aliphatic hydroxyl groups is 1. The molecule has 1 amide bonds. The molecule has 0 spiro atoms. The maximum atomic E-state index is 13.4. The Morgan fingerprint density at radius 1 is 1.18 bits per heavy atom. The van der Waals surface area contributed by atoms with Crippen LogP contribution in [0.3, 0.4) is 0 Å². The number of likely N-dealkylation sites (tertiary alicyclic amines) is 1.